The second-order valence-corrected chi connectivity index (χ2v) is 3.88. The van der Waals surface area contributed by atoms with Crippen molar-refractivity contribution in [2.75, 3.05) is 6.54 Å². The van der Waals surface area contributed by atoms with Gasteiger partial charge in [0.2, 0.25) is 5.91 Å². The van der Waals surface area contributed by atoms with Crippen LogP contribution in [-0.2, 0) is 9.53 Å². The first kappa shape index (κ1) is 12.4. The zero-order chi connectivity index (χ0) is 11.6. The lowest BCUT2D eigenvalue weighted by Crippen LogP contribution is -2.62. The Kier molecular flexibility index (Phi) is 4.04. The minimum Gasteiger partial charge on any atom is -0.389 e. The van der Waals surface area contributed by atoms with E-state index in [-0.39, 0.29) is 18.6 Å². The van der Waals surface area contributed by atoms with Gasteiger partial charge in [-0.2, -0.15) is 0 Å². The molecule has 5 N–H and O–H groups in total. The molecule has 15 heavy (non-hydrogen) atoms. The van der Waals surface area contributed by atoms with E-state index in [1.54, 1.807) is 6.92 Å². The molecule has 0 saturated carbocycles. The van der Waals surface area contributed by atoms with Crippen molar-refractivity contribution in [2.24, 2.45) is 5.73 Å². The zero-order valence-electron chi connectivity index (χ0n) is 8.88. The van der Waals surface area contributed by atoms with Crippen molar-refractivity contribution in [1.29, 1.82) is 0 Å². The van der Waals surface area contributed by atoms with Gasteiger partial charge in [0.1, 0.15) is 18.3 Å². The van der Waals surface area contributed by atoms with E-state index < -0.39 is 24.4 Å². The lowest BCUT2D eigenvalue weighted by Gasteiger charge is -2.40. The SMILES string of the molecule is CC(=O)NCC1OC(C)C(N)C(O)C1O. The van der Waals surface area contributed by atoms with Crippen molar-refractivity contribution in [3.05, 3.63) is 0 Å². The number of hydrogen-bond acceptors (Lipinski definition) is 5. The van der Waals surface area contributed by atoms with Crippen LogP contribution in [-0.4, -0.2) is 53.1 Å². The summed E-state index contributed by atoms with van der Waals surface area (Å²) in [6.45, 7) is 3.27. The molecule has 0 aromatic heterocycles. The van der Waals surface area contributed by atoms with Crippen molar-refractivity contribution >= 4 is 5.91 Å². The first-order valence-electron chi connectivity index (χ1n) is 4.95. The molecule has 1 aliphatic rings. The van der Waals surface area contributed by atoms with E-state index in [0.717, 1.165) is 0 Å². The third-order valence-corrected chi connectivity index (χ3v) is 2.61. The molecule has 1 saturated heterocycles. The summed E-state index contributed by atoms with van der Waals surface area (Å²) in [5.74, 6) is -0.206. The van der Waals surface area contributed by atoms with Gasteiger partial charge in [0, 0.05) is 13.5 Å². The number of amides is 1. The third-order valence-electron chi connectivity index (χ3n) is 2.61. The fourth-order valence-electron chi connectivity index (χ4n) is 1.59. The van der Waals surface area contributed by atoms with Crippen LogP contribution in [0.1, 0.15) is 13.8 Å². The second kappa shape index (κ2) is 4.89. The van der Waals surface area contributed by atoms with Crippen molar-refractivity contribution < 1.29 is 19.7 Å². The standard InChI is InChI=1S/C9H18N2O4/c1-4-7(10)9(14)8(13)6(15-4)3-11-5(2)12/h4,6-9,13-14H,3,10H2,1-2H3,(H,11,12). The number of nitrogens with two attached hydrogens (primary N) is 1. The summed E-state index contributed by atoms with van der Waals surface area (Å²) in [6, 6.07) is -0.603. The molecule has 5 unspecified atom stereocenters. The highest BCUT2D eigenvalue weighted by atomic mass is 16.5. The van der Waals surface area contributed by atoms with Crippen LogP contribution in [0.25, 0.3) is 0 Å². The van der Waals surface area contributed by atoms with Gasteiger partial charge < -0.3 is 26.0 Å². The summed E-state index contributed by atoms with van der Waals surface area (Å²) in [4.78, 5) is 10.7. The number of ether oxygens (including phenoxy) is 1. The van der Waals surface area contributed by atoms with Crippen LogP contribution in [0.3, 0.4) is 0 Å². The highest BCUT2D eigenvalue weighted by molar-refractivity contribution is 5.72. The van der Waals surface area contributed by atoms with Gasteiger partial charge in [-0.05, 0) is 6.92 Å². The van der Waals surface area contributed by atoms with Crippen molar-refractivity contribution in [1.82, 2.24) is 5.32 Å². The summed E-state index contributed by atoms with van der Waals surface area (Å²) >= 11 is 0. The van der Waals surface area contributed by atoms with Gasteiger partial charge in [-0.15, -0.1) is 0 Å². The molecule has 6 heteroatoms. The molecule has 1 amide bonds. The van der Waals surface area contributed by atoms with Crippen molar-refractivity contribution in [2.45, 2.75) is 44.3 Å². The van der Waals surface area contributed by atoms with Gasteiger partial charge in [0.05, 0.1) is 12.1 Å². The van der Waals surface area contributed by atoms with E-state index in [0.29, 0.717) is 0 Å². The normalized spacial score (nSPS) is 41.3. The molecular weight excluding hydrogens is 200 g/mol. The first-order valence-corrected chi connectivity index (χ1v) is 4.95. The van der Waals surface area contributed by atoms with Crippen LogP contribution in [0.4, 0.5) is 0 Å². The largest absolute Gasteiger partial charge is 0.389 e. The number of carbonyl (C=O) groups is 1. The number of hydrogen-bond donors (Lipinski definition) is 4. The average molecular weight is 218 g/mol. The number of rotatable bonds is 2. The summed E-state index contributed by atoms with van der Waals surface area (Å²) in [6.07, 6.45) is -3.04. The molecule has 1 heterocycles. The van der Waals surface area contributed by atoms with Crippen LogP contribution in [0.15, 0.2) is 0 Å². The molecule has 1 rings (SSSR count). The van der Waals surface area contributed by atoms with Gasteiger partial charge in [0.25, 0.3) is 0 Å². The summed E-state index contributed by atoms with van der Waals surface area (Å²) < 4.78 is 5.38. The highest BCUT2D eigenvalue weighted by Gasteiger charge is 2.40. The van der Waals surface area contributed by atoms with Gasteiger partial charge in [-0.25, -0.2) is 0 Å². The fraction of sp³-hybridized carbons (Fsp3) is 0.889. The number of nitrogens with one attached hydrogen (secondary N) is 1. The van der Waals surface area contributed by atoms with Crippen LogP contribution >= 0.6 is 0 Å². The van der Waals surface area contributed by atoms with Crippen LogP contribution in [0.2, 0.25) is 0 Å². The predicted octanol–water partition coefficient (Wildman–Crippen LogP) is -2.04. The second-order valence-electron chi connectivity index (χ2n) is 3.88. The van der Waals surface area contributed by atoms with Gasteiger partial charge in [0.15, 0.2) is 0 Å². The van der Waals surface area contributed by atoms with E-state index in [2.05, 4.69) is 5.32 Å². The lowest BCUT2D eigenvalue weighted by atomic mass is 9.94. The molecule has 0 radical (unpaired) electrons. The van der Waals surface area contributed by atoms with E-state index in [1.165, 1.54) is 6.92 Å². The third kappa shape index (κ3) is 2.88. The maximum Gasteiger partial charge on any atom is 0.216 e. The average Bonchev–Trinajstić information content (AvgIpc) is 2.18. The molecule has 0 spiro atoms. The Balaban J connectivity index is 2.54. The minimum atomic E-state index is -1.07. The molecule has 0 bridgehead atoms. The van der Waals surface area contributed by atoms with Gasteiger partial charge in [-0.1, -0.05) is 0 Å². The monoisotopic (exact) mass is 218 g/mol. The molecule has 5 atom stereocenters. The zero-order valence-corrected chi connectivity index (χ0v) is 8.88. The highest BCUT2D eigenvalue weighted by Crippen LogP contribution is 2.18. The van der Waals surface area contributed by atoms with Gasteiger partial charge in [-0.3, -0.25) is 4.79 Å². The maximum absolute atomic E-state index is 10.7. The van der Waals surface area contributed by atoms with Crippen LogP contribution in [0.5, 0.6) is 0 Å². The molecular formula is C9H18N2O4. The predicted molar refractivity (Wildman–Crippen MR) is 53.0 cm³/mol. The van der Waals surface area contributed by atoms with E-state index in [9.17, 15) is 15.0 Å². The molecule has 6 nitrogen and oxygen atoms in total. The first-order chi connectivity index (χ1) is 6.93. The van der Waals surface area contributed by atoms with Crippen molar-refractivity contribution in [3.8, 4) is 0 Å². The molecule has 88 valence electrons. The number of carbonyl (C=O) groups excluding carboxylic acids is 1. The summed E-state index contributed by atoms with van der Waals surface area (Å²) in [5, 5.41) is 21.7. The smallest absolute Gasteiger partial charge is 0.216 e. The number of aliphatic hydroxyl groups is 2. The Labute approximate surface area is 88.4 Å². The van der Waals surface area contributed by atoms with E-state index in [4.69, 9.17) is 10.5 Å². The van der Waals surface area contributed by atoms with Crippen LogP contribution in [0, 0.1) is 0 Å². The summed E-state index contributed by atoms with van der Waals surface area (Å²) in [5.41, 5.74) is 5.61. The molecule has 0 aliphatic carbocycles. The quantitative estimate of drug-likeness (QED) is 0.427. The van der Waals surface area contributed by atoms with E-state index in [1.807, 2.05) is 0 Å². The van der Waals surface area contributed by atoms with Crippen molar-refractivity contribution in [3.63, 3.8) is 0 Å². The maximum atomic E-state index is 10.7. The van der Waals surface area contributed by atoms with E-state index >= 15 is 0 Å². The summed E-state index contributed by atoms with van der Waals surface area (Å²) in [7, 11) is 0. The van der Waals surface area contributed by atoms with Gasteiger partial charge >= 0.3 is 0 Å². The topological polar surface area (TPSA) is 105 Å². The molecule has 1 fully saturated rings. The lowest BCUT2D eigenvalue weighted by molar-refractivity contribution is -0.172. The molecule has 1 aliphatic heterocycles. The minimum absolute atomic E-state index is 0.171. The molecule has 0 aromatic rings. The Morgan fingerprint density at radius 1 is 1.47 bits per heavy atom. The fourth-order valence-corrected chi connectivity index (χ4v) is 1.59. The van der Waals surface area contributed by atoms with Crippen LogP contribution < -0.4 is 11.1 Å². The Hall–Kier alpha value is -0.690. The number of aliphatic hydroxyl groups excluding tert-OH is 2. The Morgan fingerprint density at radius 2 is 2.07 bits per heavy atom. The Morgan fingerprint density at radius 3 is 2.60 bits per heavy atom. The Bertz CT molecular complexity index is 236. The molecule has 0 aromatic carbocycles.